The minimum atomic E-state index is -3.45. The standard InChI is InChI=1S/C16H18N2O3S2/c1-18(2)23(20,21)13-8-6-12(7-9-13)17-16(19)15-10-11-4-3-5-14(11)22-15/h6-10H,3-5H2,1-2H3,(H,17,19). The second-order valence-electron chi connectivity index (χ2n) is 5.68. The molecule has 0 unspecified atom stereocenters. The SMILES string of the molecule is CN(C)S(=O)(=O)c1ccc(NC(=O)c2cc3c(s2)CCC3)cc1. The molecule has 0 fully saturated rings. The molecule has 23 heavy (non-hydrogen) atoms. The van der Waals surface area contributed by atoms with Gasteiger partial charge in [-0.25, -0.2) is 12.7 Å². The Hall–Kier alpha value is -1.70. The summed E-state index contributed by atoms with van der Waals surface area (Å²) in [4.78, 5) is 14.5. The van der Waals surface area contributed by atoms with E-state index in [1.807, 2.05) is 6.07 Å². The summed E-state index contributed by atoms with van der Waals surface area (Å²) in [5.74, 6) is -0.146. The van der Waals surface area contributed by atoms with Crippen molar-refractivity contribution in [3.63, 3.8) is 0 Å². The molecule has 0 radical (unpaired) electrons. The Morgan fingerprint density at radius 2 is 1.87 bits per heavy atom. The first-order valence-corrected chi connectivity index (χ1v) is 9.59. The summed E-state index contributed by atoms with van der Waals surface area (Å²) >= 11 is 1.55. The van der Waals surface area contributed by atoms with Gasteiger partial charge in [-0.15, -0.1) is 11.3 Å². The topological polar surface area (TPSA) is 66.5 Å². The summed E-state index contributed by atoms with van der Waals surface area (Å²) in [7, 11) is -0.475. The van der Waals surface area contributed by atoms with Gasteiger partial charge in [0.25, 0.3) is 5.91 Å². The van der Waals surface area contributed by atoms with Gasteiger partial charge in [0.2, 0.25) is 10.0 Å². The number of fused-ring (bicyclic) bond motifs is 1. The number of thiophene rings is 1. The van der Waals surface area contributed by atoms with Crippen LogP contribution in [0.5, 0.6) is 0 Å². The van der Waals surface area contributed by atoms with Crippen LogP contribution in [-0.2, 0) is 22.9 Å². The van der Waals surface area contributed by atoms with E-state index in [0.717, 1.165) is 17.1 Å². The molecule has 0 saturated carbocycles. The largest absolute Gasteiger partial charge is 0.321 e. The molecule has 0 bridgehead atoms. The Morgan fingerprint density at radius 1 is 1.17 bits per heavy atom. The van der Waals surface area contributed by atoms with Crippen LogP contribution in [-0.4, -0.2) is 32.7 Å². The van der Waals surface area contributed by atoms with Crippen LogP contribution < -0.4 is 5.32 Å². The van der Waals surface area contributed by atoms with E-state index in [1.54, 1.807) is 23.5 Å². The van der Waals surface area contributed by atoms with Gasteiger partial charge in [0.15, 0.2) is 0 Å². The Kier molecular flexibility index (Phi) is 4.27. The summed E-state index contributed by atoms with van der Waals surface area (Å²) < 4.78 is 25.2. The lowest BCUT2D eigenvalue weighted by Gasteiger charge is -2.11. The second-order valence-corrected chi connectivity index (χ2v) is 8.97. The summed E-state index contributed by atoms with van der Waals surface area (Å²) in [6.07, 6.45) is 3.28. The zero-order valence-electron chi connectivity index (χ0n) is 13.0. The Labute approximate surface area is 140 Å². The maximum absolute atomic E-state index is 12.3. The fourth-order valence-electron chi connectivity index (χ4n) is 2.55. The fourth-order valence-corrected chi connectivity index (χ4v) is 4.61. The van der Waals surface area contributed by atoms with Crippen molar-refractivity contribution in [3.05, 3.63) is 45.6 Å². The number of sulfonamides is 1. The first-order valence-electron chi connectivity index (χ1n) is 7.33. The lowest BCUT2D eigenvalue weighted by molar-refractivity contribution is 0.103. The maximum atomic E-state index is 12.3. The number of rotatable bonds is 4. The number of benzene rings is 1. The molecule has 0 spiro atoms. The molecule has 2 aromatic rings. The lowest BCUT2D eigenvalue weighted by atomic mass is 10.2. The number of carbonyl (C=O) groups is 1. The van der Waals surface area contributed by atoms with E-state index in [1.165, 1.54) is 43.1 Å². The van der Waals surface area contributed by atoms with Gasteiger partial charge in [-0.3, -0.25) is 4.79 Å². The molecule has 1 N–H and O–H groups in total. The average Bonchev–Trinajstić information content (AvgIpc) is 3.08. The van der Waals surface area contributed by atoms with Gasteiger partial charge in [0.1, 0.15) is 0 Å². The molecule has 1 heterocycles. The monoisotopic (exact) mass is 350 g/mol. The highest BCUT2D eigenvalue weighted by molar-refractivity contribution is 7.89. The van der Waals surface area contributed by atoms with Crippen molar-refractivity contribution in [2.75, 3.05) is 19.4 Å². The number of amides is 1. The normalized spacial score (nSPS) is 14.0. The van der Waals surface area contributed by atoms with Gasteiger partial charge in [-0.1, -0.05) is 0 Å². The number of nitrogens with one attached hydrogen (secondary N) is 1. The van der Waals surface area contributed by atoms with Crippen molar-refractivity contribution < 1.29 is 13.2 Å². The lowest BCUT2D eigenvalue weighted by Crippen LogP contribution is -2.22. The van der Waals surface area contributed by atoms with Crippen LogP contribution in [0.2, 0.25) is 0 Å². The van der Waals surface area contributed by atoms with Gasteiger partial charge in [0, 0.05) is 24.7 Å². The van der Waals surface area contributed by atoms with E-state index in [0.29, 0.717) is 10.6 Å². The summed E-state index contributed by atoms with van der Waals surface area (Å²) in [6.45, 7) is 0. The van der Waals surface area contributed by atoms with Gasteiger partial charge in [-0.2, -0.15) is 0 Å². The minimum absolute atomic E-state index is 0.146. The van der Waals surface area contributed by atoms with Gasteiger partial charge in [0.05, 0.1) is 9.77 Å². The quantitative estimate of drug-likeness (QED) is 0.922. The molecule has 0 aliphatic heterocycles. The Morgan fingerprint density at radius 3 is 2.48 bits per heavy atom. The number of hydrogen-bond acceptors (Lipinski definition) is 4. The van der Waals surface area contributed by atoms with Crippen molar-refractivity contribution in [1.82, 2.24) is 4.31 Å². The Bertz CT molecular complexity index is 815. The maximum Gasteiger partial charge on any atom is 0.265 e. The number of nitrogens with zero attached hydrogens (tertiary/aromatic N) is 1. The highest BCUT2D eigenvalue weighted by Crippen LogP contribution is 2.31. The molecule has 1 aromatic heterocycles. The molecule has 1 aliphatic carbocycles. The van der Waals surface area contributed by atoms with Crippen molar-refractivity contribution >= 4 is 33.0 Å². The zero-order valence-corrected chi connectivity index (χ0v) is 14.6. The highest BCUT2D eigenvalue weighted by Gasteiger charge is 2.19. The summed E-state index contributed by atoms with van der Waals surface area (Å²) in [5.41, 5.74) is 1.87. The van der Waals surface area contributed by atoms with E-state index in [2.05, 4.69) is 5.32 Å². The molecule has 122 valence electrons. The van der Waals surface area contributed by atoms with E-state index >= 15 is 0 Å². The van der Waals surface area contributed by atoms with Crippen molar-refractivity contribution in [3.8, 4) is 0 Å². The van der Waals surface area contributed by atoms with Crippen molar-refractivity contribution in [1.29, 1.82) is 0 Å². The number of carbonyl (C=O) groups excluding carboxylic acids is 1. The third-order valence-corrected chi connectivity index (χ3v) is 6.93. The first kappa shape index (κ1) is 16.2. The molecule has 1 aromatic carbocycles. The number of hydrogen-bond donors (Lipinski definition) is 1. The molecule has 3 rings (SSSR count). The molecular formula is C16H18N2O3S2. The van der Waals surface area contributed by atoms with E-state index in [-0.39, 0.29) is 10.8 Å². The molecule has 5 nitrogen and oxygen atoms in total. The van der Waals surface area contributed by atoms with E-state index in [9.17, 15) is 13.2 Å². The van der Waals surface area contributed by atoms with Crippen LogP contribution in [0.3, 0.4) is 0 Å². The fraction of sp³-hybridized carbons (Fsp3) is 0.312. The third-order valence-electron chi connectivity index (χ3n) is 3.86. The van der Waals surface area contributed by atoms with Gasteiger partial charge < -0.3 is 5.32 Å². The van der Waals surface area contributed by atoms with Crippen LogP contribution in [0.1, 0.15) is 26.5 Å². The van der Waals surface area contributed by atoms with E-state index < -0.39 is 10.0 Å². The van der Waals surface area contributed by atoms with Gasteiger partial charge in [-0.05, 0) is 55.2 Å². The second kappa shape index (κ2) is 6.07. The average molecular weight is 350 g/mol. The molecule has 0 saturated heterocycles. The van der Waals surface area contributed by atoms with Crippen molar-refractivity contribution in [2.45, 2.75) is 24.2 Å². The van der Waals surface area contributed by atoms with E-state index in [4.69, 9.17) is 0 Å². The minimum Gasteiger partial charge on any atom is -0.321 e. The predicted molar refractivity (Wildman–Crippen MR) is 91.6 cm³/mol. The number of aryl methyl sites for hydroxylation is 2. The van der Waals surface area contributed by atoms with Crippen LogP contribution in [0, 0.1) is 0 Å². The summed E-state index contributed by atoms with van der Waals surface area (Å²) in [6, 6.07) is 8.18. The Balaban J connectivity index is 1.74. The van der Waals surface area contributed by atoms with Crippen LogP contribution >= 0.6 is 11.3 Å². The molecular weight excluding hydrogens is 332 g/mol. The zero-order chi connectivity index (χ0) is 16.6. The third kappa shape index (κ3) is 3.17. The molecule has 1 aliphatic rings. The molecule has 1 amide bonds. The molecule has 7 heteroatoms. The first-order chi connectivity index (χ1) is 10.9. The highest BCUT2D eigenvalue weighted by atomic mass is 32.2. The summed E-state index contributed by atoms with van der Waals surface area (Å²) in [5, 5.41) is 2.82. The van der Waals surface area contributed by atoms with Crippen LogP contribution in [0.4, 0.5) is 5.69 Å². The molecule has 0 atom stereocenters. The van der Waals surface area contributed by atoms with Gasteiger partial charge >= 0.3 is 0 Å². The predicted octanol–water partition coefficient (Wildman–Crippen LogP) is 2.74. The van der Waals surface area contributed by atoms with Crippen LogP contribution in [0.25, 0.3) is 0 Å². The van der Waals surface area contributed by atoms with Crippen molar-refractivity contribution in [2.24, 2.45) is 0 Å². The number of anilines is 1. The van der Waals surface area contributed by atoms with Crippen LogP contribution in [0.15, 0.2) is 35.2 Å². The smallest absolute Gasteiger partial charge is 0.265 e.